The molecule has 0 unspecified atom stereocenters. The summed E-state index contributed by atoms with van der Waals surface area (Å²) in [6.07, 6.45) is 3.02. The first kappa shape index (κ1) is 16.6. The average molecular weight is 375 g/mol. The van der Waals surface area contributed by atoms with Crippen molar-refractivity contribution >= 4 is 26.7 Å². The van der Waals surface area contributed by atoms with E-state index in [4.69, 9.17) is 9.15 Å². The zero-order valence-electron chi connectivity index (χ0n) is 14.2. The monoisotopic (exact) mass is 375 g/mol. The molecular formula is C17H17N3O5S. The molecule has 1 fully saturated rings. The summed E-state index contributed by atoms with van der Waals surface area (Å²) in [4.78, 5) is 18.0. The predicted molar refractivity (Wildman–Crippen MR) is 92.9 cm³/mol. The Kier molecular flexibility index (Phi) is 3.76. The Balaban J connectivity index is 1.53. The van der Waals surface area contributed by atoms with Crippen molar-refractivity contribution in [3.8, 4) is 5.75 Å². The predicted octanol–water partition coefficient (Wildman–Crippen LogP) is 1.47. The van der Waals surface area contributed by atoms with Gasteiger partial charge in [-0.15, -0.1) is 0 Å². The van der Waals surface area contributed by atoms with Crippen molar-refractivity contribution in [2.24, 2.45) is 7.05 Å². The highest BCUT2D eigenvalue weighted by molar-refractivity contribution is 7.92. The molecule has 0 atom stereocenters. The molecule has 136 valence electrons. The van der Waals surface area contributed by atoms with E-state index in [1.165, 1.54) is 22.8 Å². The molecule has 1 aliphatic rings. The first-order valence-corrected chi connectivity index (χ1v) is 9.53. The number of ether oxygens (including phenoxy) is 1. The molecule has 9 heteroatoms. The summed E-state index contributed by atoms with van der Waals surface area (Å²) in [5, 5.41) is 0.111. The summed E-state index contributed by atoms with van der Waals surface area (Å²) in [5.74, 6) is 0.368. The number of carbonyl (C=O) groups is 1. The molecule has 3 heterocycles. The molecule has 1 aliphatic heterocycles. The highest BCUT2D eigenvalue weighted by Gasteiger charge is 2.43. The van der Waals surface area contributed by atoms with Crippen LogP contribution in [0.4, 0.5) is 0 Å². The second-order valence-electron chi connectivity index (χ2n) is 6.19. The summed E-state index contributed by atoms with van der Waals surface area (Å²) >= 11 is 0. The first-order valence-electron chi connectivity index (χ1n) is 7.99. The van der Waals surface area contributed by atoms with E-state index in [1.807, 2.05) is 12.1 Å². The number of hydrogen-bond acceptors (Lipinski definition) is 6. The highest BCUT2D eigenvalue weighted by Crippen LogP contribution is 2.30. The number of nitrogens with zero attached hydrogens (tertiary/aromatic N) is 3. The molecule has 4 rings (SSSR count). The number of likely N-dealkylation sites (tertiary alicyclic amines) is 1. The second-order valence-corrected chi connectivity index (χ2v) is 8.31. The summed E-state index contributed by atoms with van der Waals surface area (Å²) in [7, 11) is -0.409. The number of benzene rings is 1. The van der Waals surface area contributed by atoms with Crippen LogP contribution in [0.25, 0.3) is 11.0 Å². The standard InChI is InChI=1S/C17H17N3O5S/c1-19-7-6-18-17(19)26(22,23)12-9-20(10-12)16(21)14-8-11-4-3-5-13(24-2)15(11)25-14/h3-8,12H,9-10H2,1-2H3. The summed E-state index contributed by atoms with van der Waals surface area (Å²) in [6, 6.07) is 7.02. The van der Waals surface area contributed by atoms with Crippen LogP contribution in [0.3, 0.4) is 0 Å². The Hall–Kier alpha value is -2.81. The van der Waals surface area contributed by atoms with Crippen LogP contribution in [0.2, 0.25) is 0 Å². The summed E-state index contributed by atoms with van der Waals surface area (Å²) in [5.41, 5.74) is 0.496. The van der Waals surface area contributed by atoms with Gasteiger partial charge in [0.15, 0.2) is 17.1 Å². The van der Waals surface area contributed by atoms with Gasteiger partial charge < -0.3 is 18.6 Å². The lowest BCUT2D eigenvalue weighted by atomic mass is 10.2. The molecule has 1 aromatic carbocycles. The third-order valence-corrected chi connectivity index (χ3v) is 6.62. The van der Waals surface area contributed by atoms with Crippen LogP contribution in [0.5, 0.6) is 5.75 Å². The van der Waals surface area contributed by atoms with Crippen LogP contribution >= 0.6 is 0 Å². The lowest BCUT2D eigenvalue weighted by molar-refractivity contribution is 0.0628. The number of rotatable bonds is 4. The topological polar surface area (TPSA) is 94.6 Å². The Morgan fingerprint density at radius 3 is 2.77 bits per heavy atom. The van der Waals surface area contributed by atoms with Crippen LogP contribution in [-0.4, -0.2) is 54.2 Å². The van der Waals surface area contributed by atoms with E-state index in [2.05, 4.69) is 4.98 Å². The average Bonchev–Trinajstić information content (AvgIpc) is 3.18. The Morgan fingerprint density at radius 2 is 2.12 bits per heavy atom. The van der Waals surface area contributed by atoms with Gasteiger partial charge in [0.1, 0.15) is 5.25 Å². The van der Waals surface area contributed by atoms with Crippen molar-refractivity contribution < 1.29 is 22.4 Å². The molecule has 26 heavy (non-hydrogen) atoms. The van der Waals surface area contributed by atoms with Crippen LogP contribution in [0.1, 0.15) is 10.6 Å². The number of hydrogen-bond donors (Lipinski definition) is 0. The minimum atomic E-state index is -3.57. The van der Waals surface area contributed by atoms with Crippen LogP contribution in [0.15, 0.2) is 46.2 Å². The highest BCUT2D eigenvalue weighted by atomic mass is 32.2. The Morgan fingerprint density at radius 1 is 1.35 bits per heavy atom. The van der Waals surface area contributed by atoms with E-state index in [1.54, 1.807) is 25.4 Å². The van der Waals surface area contributed by atoms with Crippen LogP contribution in [0, 0.1) is 0 Å². The molecule has 0 spiro atoms. The number of carbonyl (C=O) groups excluding carboxylic acids is 1. The number of methoxy groups -OCH3 is 1. The number of fused-ring (bicyclic) bond motifs is 1. The smallest absolute Gasteiger partial charge is 0.289 e. The van der Waals surface area contributed by atoms with Gasteiger partial charge in [0.05, 0.1) is 7.11 Å². The van der Waals surface area contributed by atoms with Crippen molar-refractivity contribution in [2.75, 3.05) is 20.2 Å². The molecular weight excluding hydrogens is 358 g/mol. The molecule has 0 N–H and O–H groups in total. The van der Waals surface area contributed by atoms with Gasteiger partial charge in [-0.25, -0.2) is 13.4 Å². The molecule has 2 aromatic heterocycles. The van der Waals surface area contributed by atoms with Crippen molar-refractivity contribution in [1.29, 1.82) is 0 Å². The zero-order chi connectivity index (χ0) is 18.5. The number of imidazole rings is 1. The largest absolute Gasteiger partial charge is 0.493 e. The second kappa shape index (κ2) is 5.87. The third kappa shape index (κ3) is 2.47. The van der Waals surface area contributed by atoms with Gasteiger partial charge in [-0.05, 0) is 12.1 Å². The fourth-order valence-electron chi connectivity index (χ4n) is 3.03. The maximum atomic E-state index is 12.6. The fourth-order valence-corrected chi connectivity index (χ4v) is 4.75. The van der Waals surface area contributed by atoms with Gasteiger partial charge in [0, 0.05) is 37.9 Å². The van der Waals surface area contributed by atoms with Gasteiger partial charge in [-0.2, -0.15) is 0 Å². The van der Waals surface area contributed by atoms with Crippen molar-refractivity contribution in [1.82, 2.24) is 14.5 Å². The van der Waals surface area contributed by atoms with Gasteiger partial charge >= 0.3 is 0 Å². The number of aromatic nitrogens is 2. The molecule has 0 radical (unpaired) electrons. The van der Waals surface area contributed by atoms with Crippen molar-refractivity contribution in [3.05, 3.63) is 42.4 Å². The lowest BCUT2D eigenvalue weighted by Gasteiger charge is -2.37. The van der Waals surface area contributed by atoms with Gasteiger partial charge in [-0.3, -0.25) is 4.79 Å². The normalized spacial score (nSPS) is 15.2. The number of furan rings is 1. The fraction of sp³-hybridized carbons (Fsp3) is 0.294. The summed E-state index contributed by atoms with van der Waals surface area (Å²) in [6.45, 7) is 0.227. The molecule has 0 bridgehead atoms. The summed E-state index contributed by atoms with van der Waals surface area (Å²) < 4.78 is 37.5. The number of amides is 1. The van der Waals surface area contributed by atoms with Crippen molar-refractivity contribution in [2.45, 2.75) is 10.4 Å². The minimum Gasteiger partial charge on any atom is -0.493 e. The molecule has 1 saturated heterocycles. The van der Waals surface area contributed by atoms with Crippen LogP contribution in [-0.2, 0) is 16.9 Å². The van der Waals surface area contributed by atoms with Crippen molar-refractivity contribution in [3.63, 3.8) is 0 Å². The van der Waals surface area contributed by atoms with E-state index >= 15 is 0 Å². The molecule has 3 aromatic rings. The number of para-hydroxylation sites is 1. The third-order valence-electron chi connectivity index (χ3n) is 4.54. The van der Waals surface area contributed by atoms with Gasteiger partial charge in [-0.1, -0.05) is 12.1 Å². The van der Waals surface area contributed by atoms with E-state index in [0.717, 1.165) is 5.39 Å². The minimum absolute atomic E-state index is 0.0167. The molecule has 0 saturated carbocycles. The van der Waals surface area contributed by atoms with E-state index in [0.29, 0.717) is 11.3 Å². The SMILES string of the molecule is COc1cccc2cc(C(=O)N3CC(S(=O)(=O)c4nccn4C)C3)oc12. The first-order chi connectivity index (χ1) is 12.4. The van der Waals surface area contributed by atoms with Gasteiger partial charge in [0.25, 0.3) is 5.91 Å². The van der Waals surface area contributed by atoms with E-state index < -0.39 is 15.1 Å². The maximum absolute atomic E-state index is 12.6. The Bertz CT molecular complexity index is 1090. The molecule has 8 nitrogen and oxygen atoms in total. The lowest BCUT2D eigenvalue weighted by Crippen LogP contribution is -2.57. The molecule has 1 amide bonds. The van der Waals surface area contributed by atoms with E-state index in [9.17, 15) is 13.2 Å². The van der Waals surface area contributed by atoms with Gasteiger partial charge in [0.2, 0.25) is 15.0 Å². The number of sulfone groups is 1. The zero-order valence-corrected chi connectivity index (χ0v) is 15.1. The van der Waals surface area contributed by atoms with Crippen LogP contribution < -0.4 is 4.74 Å². The number of aryl methyl sites for hydroxylation is 1. The maximum Gasteiger partial charge on any atom is 0.289 e. The quantitative estimate of drug-likeness (QED) is 0.685. The Labute approximate surface area is 149 Å². The van der Waals surface area contributed by atoms with E-state index in [-0.39, 0.29) is 29.9 Å². The molecule has 0 aliphatic carbocycles.